The molecule has 0 bridgehead atoms. The lowest BCUT2D eigenvalue weighted by molar-refractivity contribution is -0.129. The smallest absolute Gasteiger partial charge is 0.244 e. The molecule has 0 spiro atoms. The summed E-state index contributed by atoms with van der Waals surface area (Å²) in [7, 11) is 3.33. The van der Waals surface area contributed by atoms with Crippen molar-refractivity contribution < 1.29 is 9.18 Å². The normalized spacial score (nSPS) is 11.8. The van der Waals surface area contributed by atoms with Crippen LogP contribution >= 0.6 is 12.2 Å². The van der Waals surface area contributed by atoms with Gasteiger partial charge in [-0.2, -0.15) is 0 Å². The molecule has 1 aromatic carbocycles. The van der Waals surface area contributed by atoms with E-state index in [2.05, 4.69) is 5.32 Å². The number of nitrogens with one attached hydrogen (secondary N) is 1. The number of thiocarbonyl (C=S) groups is 1. The summed E-state index contributed by atoms with van der Waals surface area (Å²) >= 11 is 4.86. The van der Waals surface area contributed by atoms with Crippen LogP contribution in [0.25, 0.3) is 0 Å². The first kappa shape index (κ1) is 14.4. The Balaban J connectivity index is 2.97. The zero-order chi connectivity index (χ0) is 13.9. The molecule has 0 fully saturated rings. The summed E-state index contributed by atoms with van der Waals surface area (Å²) in [5.41, 5.74) is 6.46. The molecule has 1 unspecified atom stereocenters. The first-order valence-electron chi connectivity index (χ1n) is 5.40. The third-order valence-corrected chi connectivity index (χ3v) is 2.65. The summed E-state index contributed by atoms with van der Waals surface area (Å²) in [4.78, 5) is 13.3. The van der Waals surface area contributed by atoms with Gasteiger partial charge in [0.15, 0.2) is 0 Å². The number of hydrogen-bond donors (Lipinski definition) is 2. The predicted molar refractivity (Wildman–Crippen MR) is 74.1 cm³/mol. The molecule has 4 nitrogen and oxygen atoms in total. The highest BCUT2D eigenvalue weighted by molar-refractivity contribution is 7.80. The molecule has 0 aromatic heterocycles. The molecule has 0 aliphatic rings. The Morgan fingerprint density at radius 1 is 1.50 bits per heavy atom. The summed E-state index contributed by atoms with van der Waals surface area (Å²) < 4.78 is 13.1. The Kier molecular flexibility index (Phi) is 4.61. The molecule has 0 radical (unpaired) electrons. The number of carbonyl (C=O) groups excluding carboxylic acids is 1. The first-order valence-corrected chi connectivity index (χ1v) is 5.80. The lowest BCUT2D eigenvalue weighted by Gasteiger charge is -2.20. The Hall–Kier alpha value is -1.69. The van der Waals surface area contributed by atoms with Gasteiger partial charge in [-0.3, -0.25) is 4.79 Å². The van der Waals surface area contributed by atoms with Gasteiger partial charge < -0.3 is 16.0 Å². The zero-order valence-electron chi connectivity index (χ0n) is 10.5. The molecule has 1 rings (SSSR count). The largest absolute Gasteiger partial charge is 0.389 e. The minimum absolute atomic E-state index is 0.0847. The molecule has 1 amide bonds. The molecule has 0 heterocycles. The topological polar surface area (TPSA) is 58.4 Å². The van der Waals surface area contributed by atoms with Crippen molar-refractivity contribution in [2.75, 3.05) is 19.4 Å². The molecule has 0 saturated heterocycles. The maximum absolute atomic E-state index is 13.1. The van der Waals surface area contributed by atoms with Crippen LogP contribution in [0.15, 0.2) is 18.2 Å². The molecule has 0 aliphatic carbocycles. The van der Waals surface area contributed by atoms with Crippen molar-refractivity contribution in [2.45, 2.75) is 13.0 Å². The van der Waals surface area contributed by atoms with E-state index in [0.717, 1.165) is 0 Å². The summed E-state index contributed by atoms with van der Waals surface area (Å²) in [6, 6.07) is 3.61. The van der Waals surface area contributed by atoms with Gasteiger partial charge in [0.2, 0.25) is 5.91 Å². The van der Waals surface area contributed by atoms with Crippen LogP contribution in [0.4, 0.5) is 10.1 Å². The van der Waals surface area contributed by atoms with Crippen molar-refractivity contribution in [2.24, 2.45) is 5.73 Å². The van der Waals surface area contributed by atoms with E-state index in [-0.39, 0.29) is 10.9 Å². The Morgan fingerprint density at radius 3 is 2.61 bits per heavy atom. The second-order valence-corrected chi connectivity index (χ2v) is 4.59. The monoisotopic (exact) mass is 269 g/mol. The lowest BCUT2D eigenvalue weighted by atomic mass is 10.1. The highest BCUT2D eigenvalue weighted by Crippen LogP contribution is 2.18. The number of anilines is 1. The molecular formula is C12H16FN3OS. The van der Waals surface area contributed by atoms with Gasteiger partial charge >= 0.3 is 0 Å². The number of rotatable bonds is 4. The molecule has 18 heavy (non-hydrogen) atoms. The van der Waals surface area contributed by atoms with Gasteiger partial charge in [0.25, 0.3) is 0 Å². The average Bonchev–Trinajstić information content (AvgIpc) is 2.29. The molecule has 0 aliphatic heterocycles. The number of benzene rings is 1. The first-order chi connectivity index (χ1) is 8.32. The van der Waals surface area contributed by atoms with Crippen molar-refractivity contribution in [3.63, 3.8) is 0 Å². The van der Waals surface area contributed by atoms with Gasteiger partial charge in [0, 0.05) is 25.3 Å². The fraction of sp³-hybridized carbons (Fsp3) is 0.333. The molecule has 1 aromatic rings. The highest BCUT2D eigenvalue weighted by Gasteiger charge is 2.16. The Labute approximate surface area is 111 Å². The van der Waals surface area contributed by atoms with Crippen molar-refractivity contribution in [3.05, 3.63) is 29.6 Å². The SMILES string of the molecule is CC(Nc1ccc(F)cc1C(N)=S)C(=O)N(C)C. The van der Waals surface area contributed by atoms with Crippen LogP contribution in [0.3, 0.4) is 0 Å². The van der Waals surface area contributed by atoms with E-state index in [1.807, 2.05) is 0 Å². The second-order valence-electron chi connectivity index (χ2n) is 4.15. The Bertz CT molecular complexity index is 476. The van der Waals surface area contributed by atoms with Gasteiger partial charge in [-0.25, -0.2) is 4.39 Å². The fourth-order valence-electron chi connectivity index (χ4n) is 1.53. The van der Waals surface area contributed by atoms with E-state index in [1.165, 1.54) is 23.1 Å². The maximum atomic E-state index is 13.1. The van der Waals surface area contributed by atoms with Crippen molar-refractivity contribution >= 4 is 28.8 Å². The van der Waals surface area contributed by atoms with E-state index >= 15 is 0 Å². The van der Waals surface area contributed by atoms with Gasteiger partial charge in [-0.1, -0.05) is 12.2 Å². The quantitative estimate of drug-likeness (QED) is 0.810. The lowest BCUT2D eigenvalue weighted by Crippen LogP contribution is -2.37. The minimum Gasteiger partial charge on any atom is -0.389 e. The molecule has 1 atom stereocenters. The molecular weight excluding hydrogens is 253 g/mol. The number of hydrogen-bond acceptors (Lipinski definition) is 3. The molecule has 6 heteroatoms. The van der Waals surface area contributed by atoms with Crippen LogP contribution in [-0.4, -0.2) is 35.9 Å². The summed E-state index contributed by atoms with van der Waals surface area (Å²) in [5.74, 6) is -0.511. The summed E-state index contributed by atoms with van der Waals surface area (Å²) in [6.45, 7) is 1.72. The predicted octanol–water partition coefficient (Wildman–Crippen LogP) is 1.35. The van der Waals surface area contributed by atoms with Gasteiger partial charge in [-0.15, -0.1) is 0 Å². The van der Waals surface area contributed by atoms with Crippen LogP contribution < -0.4 is 11.1 Å². The van der Waals surface area contributed by atoms with Gasteiger partial charge in [0.05, 0.1) is 0 Å². The molecule has 0 saturated carbocycles. The number of nitrogens with two attached hydrogens (primary N) is 1. The van der Waals surface area contributed by atoms with Gasteiger partial charge in [-0.05, 0) is 25.1 Å². The van der Waals surface area contributed by atoms with E-state index in [9.17, 15) is 9.18 Å². The summed E-state index contributed by atoms with van der Waals surface area (Å²) in [5, 5.41) is 2.97. The van der Waals surface area contributed by atoms with Crippen molar-refractivity contribution in [1.82, 2.24) is 4.90 Å². The van der Waals surface area contributed by atoms with E-state index < -0.39 is 11.9 Å². The average molecular weight is 269 g/mol. The van der Waals surface area contributed by atoms with Crippen LogP contribution in [0, 0.1) is 5.82 Å². The number of halogens is 1. The Morgan fingerprint density at radius 2 is 2.11 bits per heavy atom. The van der Waals surface area contributed by atoms with Crippen molar-refractivity contribution in [1.29, 1.82) is 0 Å². The maximum Gasteiger partial charge on any atom is 0.244 e. The molecule has 98 valence electrons. The number of amides is 1. The second kappa shape index (κ2) is 5.77. The van der Waals surface area contributed by atoms with E-state index in [0.29, 0.717) is 11.3 Å². The third kappa shape index (κ3) is 3.40. The van der Waals surface area contributed by atoms with Crippen LogP contribution in [0.2, 0.25) is 0 Å². The van der Waals surface area contributed by atoms with Crippen LogP contribution in [-0.2, 0) is 4.79 Å². The number of carbonyl (C=O) groups is 1. The zero-order valence-corrected chi connectivity index (χ0v) is 11.3. The van der Waals surface area contributed by atoms with Crippen LogP contribution in [0.1, 0.15) is 12.5 Å². The minimum atomic E-state index is -0.446. The molecule has 3 N–H and O–H groups in total. The highest BCUT2D eigenvalue weighted by atomic mass is 32.1. The van der Waals surface area contributed by atoms with E-state index in [4.69, 9.17) is 18.0 Å². The standard InChI is InChI=1S/C12H16FN3OS/c1-7(12(17)16(2)3)15-10-5-4-8(13)6-9(10)11(14)18/h4-7,15H,1-3H3,(H2,14,18). The van der Waals surface area contributed by atoms with Crippen molar-refractivity contribution in [3.8, 4) is 0 Å². The summed E-state index contributed by atoms with van der Waals surface area (Å²) in [6.07, 6.45) is 0. The van der Waals surface area contributed by atoms with Crippen LogP contribution in [0.5, 0.6) is 0 Å². The number of nitrogens with zero attached hydrogens (tertiary/aromatic N) is 1. The third-order valence-electron chi connectivity index (χ3n) is 2.43. The van der Waals surface area contributed by atoms with E-state index in [1.54, 1.807) is 21.0 Å². The fourth-order valence-corrected chi connectivity index (χ4v) is 1.70. The van der Waals surface area contributed by atoms with Gasteiger partial charge in [0.1, 0.15) is 16.8 Å². The number of likely N-dealkylation sites (N-methyl/N-ethyl adjacent to an activating group) is 1.